The van der Waals surface area contributed by atoms with Crippen LogP contribution in [0.4, 0.5) is 0 Å². The predicted molar refractivity (Wildman–Crippen MR) is 104 cm³/mol. The first-order valence-corrected chi connectivity index (χ1v) is 9.05. The van der Waals surface area contributed by atoms with Crippen molar-refractivity contribution in [3.05, 3.63) is 34.9 Å². The van der Waals surface area contributed by atoms with Gasteiger partial charge in [0.1, 0.15) is 25.6 Å². The Hall–Kier alpha value is -2.70. The van der Waals surface area contributed by atoms with Crippen LogP contribution in [0.3, 0.4) is 0 Å². The second kappa shape index (κ2) is 14.4. The average Bonchev–Trinajstić information content (AvgIpc) is 2.58. The van der Waals surface area contributed by atoms with E-state index in [0.29, 0.717) is 30.4 Å². The van der Waals surface area contributed by atoms with E-state index in [1.165, 1.54) is 20.8 Å². The van der Waals surface area contributed by atoms with E-state index in [9.17, 15) is 19.2 Å². The number of rotatable bonds is 12. The lowest BCUT2D eigenvalue weighted by molar-refractivity contribution is -0.145. The largest absolute Gasteiger partial charge is 0.462 e. The maximum Gasteiger partial charge on any atom is 0.303 e. The first kappa shape index (κ1) is 25.3. The summed E-state index contributed by atoms with van der Waals surface area (Å²) in [5, 5.41) is 0. The van der Waals surface area contributed by atoms with Gasteiger partial charge in [0.05, 0.1) is 0 Å². The maximum atomic E-state index is 11.5. The van der Waals surface area contributed by atoms with E-state index in [-0.39, 0.29) is 13.2 Å². The molecule has 0 fully saturated rings. The molecule has 0 aromatic carbocycles. The molecule has 1 unspecified atom stereocenters. The van der Waals surface area contributed by atoms with E-state index < -0.39 is 24.0 Å². The molecule has 0 rings (SSSR count). The van der Waals surface area contributed by atoms with Crippen LogP contribution in [-0.2, 0) is 33.4 Å². The minimum Gasteiger partial charge on any atom is -0.462 e. The standard InChI is InChI=1S/C21H30O7/c1-15(7-6-8-16(2)13-22)11-21(28-19(5)25)12-20(14-27-18(4)24)9-10-26-17(3)23/h8-9,11,13,21H,6-7,10,12,14H2,1-5H3. The maximum absolute atomic E-state index is 11.5. The zero-order valence-electron chi connectivity index (χ0n) is 17.3. The molecule has 0 N–H and O–H groups in total. The number of carbonyl (C=O) groups excluding carboxylic acids is 4. The van der Waals surface area contributed by atoms with Gasteiger partial charge in [-0.15, -0.1) is 0 Å². The third kappa shape index (κ3) is 14.5. The van der Waals surface area contributed by atoms with Crippen LogP contribution in [0, 0.1) is 0 Å². The van der Waals surface area contributed by atoms with Crippen LogP contribution in [-0.4, -0.2) is 43.5 Å². The Labute approximate surface area is 166 Å². The molecule has 0 saturated heterocycles. The van der Waals surface area contributed by atoms with Crippen molar-refractivity contribution in [1.82, 2.24) is 0 Å². The smallest absolute Gasteiger partial charge is 0.303 e. The molecule has 7 nitrogen and oxygen atoms in total. The Morgan fingerprint density at radius 3 is 2.07 bits per heavy atom. The van der Waals surface area contributed by atoms with E-state index in [4.69, 9.17) is 14.2 Å². The molecule has 0 aliphatic rings. The number of hydrogen-bond acceptors (Lipinski definition) is 7. The molecule has 0 aliphatic heterocycles. The van der Waals surface area contributed by atoms with Crippen molar-refractivity contribution in [2.45, 2.75) is 60.0 Å². The zero-order valence-corrected chi connectivity index (χ0v) is 17.3. The molecule has 28 heavy (non-hydrogen) atoms. The molecule has 0 saturated carbocycles. The quantitative estimate of drug-likeness (QED) is 0.165. The Balaban J connectivity index is 5.19. The lowest BCUT2D eigenvalue weighted by atomic mass is 10.0. The third-order valence-corrected chi connectivity index (χ3v) is 3.56. The summed E-state index contributed by atoms with van der Waals surface area (Å²) in [5.41, 5.74) is 2.33. The van der Waals surface area contributed by atoms with Crippen LogP contribution in [0.15, 0.2) is 34.9 Å². The number of aldehydes is 1. The summed E-state index contributed by atoms with van der Waals surface area (Å²) in [4.78, 5) is 44.1. The van der Waals surface area contributed by atoms with Gasteiger partial charge < -0.3 is 14.2 Å². The molecule has 0 heterocycles. The van der Waals surface area contributed by atoms with Gasteiger partial charge in [0.2, 0.25) is 0 Å². The molecule has 0 spiro atoms. The highest BCUT2D eigenvalue weighted by atomic mass is 16.5. The van der Waals surface area contributed by atoms with Crippen molar-refractivity contribution in [2.24, 2.45) is 0 Å². The molecule has 156 valence electrons. The fourth-order valence-corrected chi connectivity index (χ4v) is 2.25. The van der Waals surface area contributed by atoms with E-state index in [1.54, 1.807) is 13.0 Å². The van der Waals surface area contributed by atoms with Gasteiger partial charge in [0.25, 0.3) is 0 Å². The number of ether oxygens (including phenoxy) is 3. The van der Waals surface area contributed by atoms with Gasteiger partial charge in [-0.25, -0.2) is 0 Å². The van der Waals surface area contributed by atoms with E-state index in [0.717, 1.165) is 11.9 Å². The van der Waals surface area contributed by atoms with E-state index >= 15 is 0 Å². The minimum atomic E-state index is -0.548. The van der Waals surface area contributed by atoms with Gasteiger partial charge in [-0.05, 0) is 50.0 Å². The highest BCUT2D eigenvalue weighted by Gasteiger charge is 2.14. The highest BCUT2D eigenvalue weighted by Crippen LogP contribution is 2.16. The second-order valence-electron chi connectivity index (χ2n) is 6.41. The molecule has 0 aromatic heterocycles. The lowest BCUT2D eigenvalue weighted by Gasteiger charge is -2.17. The van der Waals surface area contributed by atoms with Crippen molar-refractivity contribution in [1.29, 1.82) is 0 Å². The van der Waals surface area contributed by atoms with Crippen molar-refractivity contribution in [3.8, 4) is 0 Å². The van der Waals surface area contributed by atoms with Crippen molar-refractivity contribution in [2.75, 3.05) is 13.2 Å². The summed E-state index contributed by atoms with van der Waals surface area (Å²) >= 11 is 0. The molecule has 7 heteroatoms. The van der Waals surface area contributed by atoms with Crippen LogP contribution in [0.25, 0.3) is 0 Å². The van der Waals surface area contributed by atoms with Gasteiger partial charge in [-0.2, -0.15) is 0 Å². The topological polar surface area (TPSA) is 96.0 Å². The van der Waals surface area contributed by atoms with Crippen LogP contribution in [0.1, 0.15) is 53.9 Å². The fraction of sp³-hybridized carbons (Fsp3) is 0.524. The van der Waals surface area contributed by atoms with Gasteiger partial charge in [-0.1, -0.05) is 11.6 Å². The van der Waals surface area contributed by atoms with Crippen molar-refractivity contribution < 1.29 is 33.4 Å². The number of allylic oxidation sites excluding steroid dienone is 3. The summed E-state index contributed by atoms with van der Waals surface area (Å²) in [6, 6.07) is 0. The van der Waals surface area contributed by atoms with E-state index in [1.807, 2.05) is 19.1 Å². The first-order chi connectivity index (χ1) is 13.1. The molecule has 0 radical (unpaired) electrons. The van der Waals surface area contributed by atoms with Gasteiger partial charge >= 0.3 is 17.9 Å². The molecule has 0 aromatic rings. The van der Waals surface area contributed by atoms with Crippen molar-refractivity contribution in [3.63, 3.8) is 0 Å². The van der Waals surface area contributed by atoms with E-state index in [2.05, 4.69) is 0 Å². The molecule has 1 atom stereocenters. The van der Waals surface area contributed by atoms with Gasteiger partial charge in [0.15, 0.2) is 0 Å². The fourth-order valence-electron chi connectivity index (χ4n) is 2.25. The zero-order chi connectivity index (χ0) is 21.5. The van der Waals surface area contributed by atoms with Gasteiger partial charge in [0, 0.05) is 27.2 Å². The Morgan fingerprint density at radius 1 is 0.893 bits per heavy atom. The summed E-state index contributed by atoms with van der Waals surface area (Å²) in [7, 11) is 0. The van der Waals surface area contributed by atoms with Crippen molar-refractivity contribution >= 4 is 24.2 Å². The monoisotopic (exact) mass is 394 g/mol. The normalized spacial score (nSPS) is 13.5. The molecular formula is C21H30O7. The predicted octanol–water partition coefficient (Wildman–Crippen LogP) is 3.23. The third-order valence-electron chi connectivity index (χ3n) is 3.56. The first-order valence-electron chi connectivity index (χ1n) is 9.05. The lowest BCUT2D eigenvalue weighted by Crippen LogP contribution is -2.18. The number of carbonyl (C=O) groups is 4. The van der Waals surface area contributed by atoms with Crippen LogP contribution < -0.4 is 0 Å². The summed E-state index contributed by atoms with van der Waals surface area (Å²) < 4.78 is 15.3. The Morgan fingerprint density at radius 2 is 1.54 bits per heavy atom. The molecule has 0 aliphatic carbocycles. The summed E-state index contributed by atoms with van der Waals surface area (Å²) in [6.07, 6.45) is 7.27. The van der Waals surface area contributed by atoms with Gasteiger partial charge in [-0.3, -0.25) is 19.2 Å². The number of hydrogen-bond donors (Lipinski definition) is 0. The number of esters is 3. The molecular weight excluding hydrogens is 364 g/mol. The average molecular weight is 394 g/mol. The summed E-state index contributed by atoms with van der Waals surface area (Å²) in [6.45, 7) is 7.62. The van der Waals surface area contributed by atoms with Crippen LogP contribution in [0.2, 0.25) is 0 Å². The Kier molecular flexibility index (Phi) is 13.0. The van der Waals surface area contributed by atoms with Crippen LogP contribution >= 0.6 is 0 Å². The van der Waals surface area contributed by atoms with Crippen LogP contribution in [0.5, 0.6) is 0 Å². The second-order valence-corrected chi connectivity index (χ2v) is 6.41. The highest BCUT2D eigenvalue weighted by molar-refractivity contribution is 5.71. The summed E-state index contributed by atoms with van der Waals surface area (Å²) in [5.74, 6) is -1.29. The Bertz CT molecular complexity index is 641. The minimum absolute atomic E-state index is 0.0164. The molecule has 0 amide bonds. The SMILES string of the molecule is CC(=O)OCC=C(COC(C)=O)CC(C=C(C)CCC=C(C)C=O)OC(C)=O. The molecule has 0 bridgehead atoms.